The van der Waals surface area contributed by atoms with Gasteiger partial charge >= 0.3 is 0 Å². The summed E-state index contributed by atoms with van der Waals surface area (Å²) in [5, 5.41) is 4.08. The van der Waals surface area contributed by atoms with E-state index in [1.807, 2.05) is 6.92 Å². The molecule has 1 unspecified atom stereocenters. The first kappa shape index (κ1) is 6.61. The minimum Gasteiger partial charge on any atom is -0.387 e. The first-order valence-corrected chi connectivity index (χ1v) is 4.47. The normalized spacial score (nSPS) is 31.4. The fraction of sp³-hybridized carbons (Fsp3) is 0.600. The maximum absolute atomic E-state index is 10.7. The Morgan fingerprint density at radius 1 is 1.67 bits per heavy atom. The summed E-state index contributed by atoms with van der Waals surface area (Å²) >= 11 is 0. The van der Waals surface area contributed by atoms with Crippen molar-refractivity contribution in [2.24, 2.45) is 0 Å². The van der Waals surface area contributed by atoms with Crippen molar-refractivity contribution in [2.75, 3.05) is 5.75 Å². The summed E-state index contributed by atoms with van der Waals surface area (Å²) < 4.78 is 21.5. The molecule has 0 bridgehead atoms. The van der Waals surface area contributed by atoms with E-state index in [4.69, 9.17) is 0 Å². The lowest BCUT2D eigenvalue weighted by Crippen LogP contribution is -2.32. The Morgan fingerprint density at radius 3 is 2.67 bits per heavy atom. The average molecular weight is 147 g/mol. The van der Waals surface area contributed by atoms with Crippen LogP contribution in [0.5, 0.6) is 0 Å². The zero-order chi connectivity index (χ0) is 6.91. The lowest BCUT2D eigenvalue weighted by molar-refractivity contribution is 0.585. The highest BCUT2D eigenvalue weighted by molar-refractivity contribution is 7.94. The molecule has 0 saturated carbocycles. The summed E-state index contributed by atoms with van der Waals surface area (Å²) in [6.45, 7) is 1.83. The molecule has 1 heterocycles. The first-order chi connectivity index (χ1) is 4.10. The number of hydrogen-bond acceptors (Lipinski definition) is 3. The van der Waals surface area contributed by atoms with E-state index in [-0.39, 0.29) is 11.8 Å². The largest absolute Gasteiger partial charge is 0.387 e. The third-order valence-corrected chi connectivity index (χ3v) is 2.65. The van der Waals surface area contributed by atoms with Gasteiger partial charge in [0.15, 0.2) is 9.84 Å². The molecule has 52 valence electrons. The minimum atomic E-state index is -2.88. The highest BCUT2D eigenvalue weighted by Crippen LogP contribution is 2.00. The Balaban J connectivity index is 2.84. The van der Waals surface area contributed by atoms with Crippen LogP contribution >= 0.6 is 0 Å². The van der Waals surface area contributed by atoms with Crippen LogP contribution < -0.4 is 5.32 Å². The van der Waals surface area contributed by atoms with Crippen LogP contribution in [0, 0.1) is 0 Å². The molecule has 0 aromatic carbocycles. The van der Waals surface area contributed by atoms with Gasteiger partial charge in [0, 0.05) is 17.6 Å². The van der Waals surface area contributed by atoms with Gasteiger partial charge in [-0.05, 0) is 6.92 Å². The van der Waals surface area contributed by atoms with E-state index in [1.165, 1.54) is 11.6 Å². The second-order valence-electron chi connectivity index (χ2n) is 2.20. The molecule has 1 aliphatic heterocycles. The van der Waals surface area contributed by atoms with Crippen LogP contribution in [0.1, 0.15) is 6.92 Å². The molecule has 0 aromatic rings. The van der Waals surface area contributed by atoms with Crippen LogP contribution in [0.25, 0.3) is 0 Å². The molecule has 1 aliphatic rings. The van der Waals surface area contributed by atoms with Gasteiger partial charge in [0.2, 0.25) is 0 Å². The predicted octanol–water partition coefficient (Wildman–Crippen LogP) is -0.136. The highest BCUT2D eigenvalue weighted by Gasteiger charge is 2.14. The molecule has 0 amide bonds. The van der Waals surface area contributed by atoms with Crippen LogP contribution in [-0.2, 0) is 9.84 Å². The maximum Gasteiger partial charge on any atom is 0.175 e. The molecule has 0 saturated heterocycles. The fourth-order valence-electron chi connectivity index (χ4n) is 0.759. The van der Waals surface area contributed by atoms with Crippen molar-refractivity contribution in [3.63, 3.8) is 0 Å². The molecule has 0 spiro atoms. The first-order valence-electron chi connectivity index (χ1n) is 2.75. The van der Waals surface area contributed by atoms with Gasteiger partial charge < -0.3 is 5.32 Å². The van der Waals surface area contributed by atoms with Crippen LogP contribution in [0.15, 0.2) is 11.6 Å². The van der Waals surface area contributed by atoms with Gasteiger partial charge in [0.25, 0.3) is 0 Å². The Labute approximate surface area is 54.7 Å². The van der Waals surface area contributed by atoms with Gasteiger partial charge in [0.05, 0.1) is 5.75 Å². The molecule has 1 rings (SSSR count). The van der Waals surface area contributed by atoms with E-state index < -0.39 is 9.84 Å². The summed E-state index contributed by atoms with van der Waals surface area (Å²) in [7, 11) is -2.88. The average Bonchev–Trinajstić information content (AvgIpc) is 1.60. The zero-order valence-electron chi connectivity index (χ0n) is 5.16. The zero-order valence-corrected chi connectivity index (χ0v) is 5.98. The molecule has 0 fully saturated rings. The molecule has 0 aromatic heterocycles. The summed E-state index contributed by atoms with van der Waals surface area (Å²) in [4.78, 5) is 0. The van der Waals surface area contributed by atoms with Crippen molar-refractivity contribution in [3.05, 3.63) is 11.6 Å². The van der Waals surface area contributed by atoms with Gasteiger partial charge in [-0.25, -0.2) is 8.42 Å². The van der Waals surface area contributed by atoms with Crippen molar-refractivity contribution in [1.82, 2.24) is 5.32 Å². The van der Waals surface area contributed by atoms with Gasteiger partial charge in [-0.3, -0.25) is 0 Å². The second kappa shape index (κ2) is 2.02. The molecule has 9 heavy (non-hydrogen) atoms. The van der Waals surface area contributed by atoms with Gasteiger partial charge in [0.1, 0.15) is 0 Å². The number of hydrogen-bond donors (Lipinski definition) is 1. The van der Waals surface area contributed by atoms with E-state index in [0.717, 1.165) is 0 Å². The van der Waals surface area contributed by atoms with Gasteiger partial charge in [-0.15, -0.1) is 0 Å². The standard InChI is InChI=1S/C5H9NO2S/c1-5-4-9(7,8)3-2-6-5/h2-3,5-6H,4H2,1H3. The second-order valence-corrected chi connectivity index (χ2v) is 4.13. The van der Waals surface area contributed by atoms with E-state index in [2.05, 4.69) is 5.32 Å². The molecule has 4 heteroatoms. The monoisotopic (exact) mass is 147 g/mol. The van der Waals surface area contributed by atoms with Crippen molar-refractivity contribution in [3.8, 4) is 0 Å². The SMILES string of the molecule is CC1CS(=O)(=O)C=CN1. The molecule has 0 aliphatic carbocycles. The van der Waals surface area contributed by atoms with Crippen LogP contribution in [0.3, 0.4) is 0 Å². The summed E-state index contributed by atoms with van der Waals surface area (Å²) in [6.07, 6.45) is 1.48. The summed E-state index contributed by atoms with van der Waals surface area (Å²) in [5.41, 5.74) is 0. The van der Waals surface area contributed by atoms with E-state index in [1.54, 1.807) is 0 Å². The molecule has 1 atom stereocenters. The Hall–Kier alpha value is -0.510. The lowest BCUT2D eigenvalue weighted by atomic mass is 10.4. The molecular weight excluding hydrogens is 138 g/mol. The van der Waals surface area contributed by atoms with Crippen LogP contribution in [-0.4, -0.2) is 20.2 Å². The predicted molar refractivity (Wildman–Crippen MR) is 35.5 cm³/mol. The quantitative estimate of drug-likeness (QED) is 0.519. The molecule has 3 nitrogen and oxygen atoms in total. The summed E-state index contributed by atoms with van der Waals surface area (Å²) in [5.74, 6) is 0.212. The smallest absolute Gasteiger partial charge is 0.175 e. The number of sulfone groups is 1. The highest BCUT2D eigenvalue weighted by atomic mass is 32.2. The Morgan fingerprint density at radius 2 is 2.33 bits per heavy atom. The Kier molecular flexibility index (Phi) is 1.48. The molecule has 1 N–H and O–H groups in total. The van der Waals surface area contributed by atoms with Crippen LogP contribution in [0.4, 0.5) is 0 Å². The maximum atomic E-state index is 10.7. The van der Waals surface area contributed by atoms with Gasteiger partial charge in [-0.1, -0.05) is 0 Å². The molecule has 0 radical (unpaired) electrons. The van der Waals surface area contributed by atoms with Gasteiger partial charge in [-0.2, -0.15) is 0 Å². The van der Waals surface area contributed by atoms with Crippen molar-refractivity contribution < 1.29 is 8.42 Å². The lowest BCUT2D eigenvalue weighted by Gasteiger charge is -2.14. The van der Waals surface area contributed by atoms with Crippen LogP contribution in [0.2, 0.25) is 0 Å². The fourth-order valence-corrected chi connectivity index (χ4v) is 1.95. The van der Waals surface area contributed by atoms with Crippen molar-refractivity contribution >= 4 is 9.84 Å². The topological polar surface area (TPSA) is 46.2 Å². The number of nitrogens with one attached hydrogen (secondary N) is 1. The number of rotatable bonds is 0. The third kappa shape index (κ3) is 1.71. The summed E-state index contributed by atoms with van der Waals surface area (Å²) in [6, 6.07) is 0.0556. The van der Waals surface area contributed by atoms with E-state index in [9.17, 15) is 8.42 Å². The van der Waals surface area contributed by atoms with Crippen molar-refractivity contribution in [2.45, 2.75) is 13.0 Å². The minimum absolute atomic E-state index is 0.0556. The van der Waals surface area contributed by atoms with Crippen molar-refractivity contribution in [1.29, 1.82) is 0 Å². The molecular formula is C5H9NO2S. The van der Waals surface area contributed by atoms with E-state index in [0.29, 0.717) is 0 Å². The third-order valence-electron chi connectivity index (χ3n) is 1.14. The Bertz CT molecular complexity index is 217. The van der Waals surface area contributed by atoms with E-state index >= 15 is 0 Å².